The van der Waals surface area contributed by atoms with Crippen LogP contribution in [0.4, 0.5) is 0 Å². The lowest BCUT2D eigenvalue weighted by Gasteiger charge is -2.03. The molecule has 0 unspecified atom stereocenters. The predicted molar refractivity (Wildman–Crippen MR) is 97.4 cm³/mol. The Labute approximate surface area is 147 Å². The maximum Gasteiger partial charge on any atom is 0.235 e. The molecule has 0 bridgehead atoms. The SMILES string of the molecule is C[C@H](N)c1ccc(Br)cc1.C[C@H](N=C=O)c1ccc(Br)cc1. The van der Waals surface area contributed by atoms with Crippen LogP contribution in [-0.4, -0.2) is 6.08 Å². The Hall–Kier alpha value is -1.26. The zero-order valence-corrected chi connectivity index (χ0v) is 15.6. The van der Waals surface area contributed by atoms with E-state index in [0.717, 1.165) is 14.5 Å². The van der Waals surface area contributed by atoms with E-state index < -0.39 is 0 Å². The van der Waals surface area contributed by atoms with Crippen molar-refractivity contribution >= 4 is 37.9 Å². The van der Waals surface area contributed by atoms with Crippen LogP contribution < -0.4 is 5.73 Å². The van der Waals surface area contributed by atoms with Gasteiger partial charge in [-0.1, -0.05) is 56.1 Å². The minimum absolute atomic E-state index is 0.101. The summed E-state index contributed by atoms with van der Waals surface area (Å²) in [4.78, 5) is 13.6. The number of hydrogen-bond donors (Lipinski definition) is 1. The Balaban J connectivity index is 0.000000224. The molecule has 22 heavy (non-hydrogen) atoms. The van der Waals surface area contributed by atoms with Gasteiger partial charge in [0, 0.05) is 15.0 Å². The number of carbonyl (C=O) groups excluding carboxylic acids is 1. The monoisotopic (exact) mass is 424 g/mol. The van der Waals surface area contributed by atoms with Crippen molar-refractivity contribution < 1.29 is 4.79 Å². The Morgan fingerprint density at radius 3 is 1.68 bits per heavy atom. The van der Waals surface area contributed by atoms with Crippen molar-refractivity contribution in [2.45, 2.75) is 25.9 Å². The second-order valence-electron chi connectivity index (χ2n) is 4.79. The summed E-state index contributed by atoms with van der Waals surface area (Å²) in [5.41, 5.74) is 7.83. The van der Waals surface area contributed by atoms with Crippen LogP contribution in [0.1, 0.15) is 37.1 Å². The van der Waals surface area contributed by atoms with Crippen LogP contribution >= 0.6 is 31.9 Å². The number of nitrogens with two attached hydrogens (primary N) is 1. The molecule has 0 aliphatic rings. The van der Waals surface area contributed by atoms with Gasteiger partial charge < -0.3 is 5.73 Å². The number of halogens is 2. The molecule has 0 heterocycles. The summed E-state index contributed by atoms with van der Waals surface area (Å²) in [6, 6.07) is 15.8. The Bertz CT molecular complexity index is 618. The van der Waals surface area contributed by atoms with E-state index in [1.165, 1.54) is 5.56 Å². The highest BCUT2D eigenvalue weighted by atomic mass is 79.9. The number of benzene rings is 2. The van der Waals surface area contributed by atoms with Crippen LogP contribution in [0.25, 0.3) is 0 Å². The molecule has 5 heteroatoms. The van der Waals surface area contributed by atoms with E-state index in [1.807, 2.05) is 62.4 Å². The van der Waals surface area contributed by atoms with Gasteiger partial charge in [-0.25, -0.2) is 4.79 Å². The third kappa shape index (κ3) is 6.67. The van der Waals surface area contributed by atoms with Crippen molar-refractivity contribution in [2.24, 2.45) is 10.7 Å². The zero-order chi connectivity index (χ0) is 16.5. The van der Waals surface area contributed by atoms with E-state index in [-0.39, 0.29) is 12.1 Å². The summed E-state index contributed by atoms with van der Waals surface area (Å²) in [6.45, 7) is 3.83. The fourth-order valence-electron chi connectivity index (χ4n) is 1.66. The summed E-state index contributed by atoms with van der Waals surface area (Å²) in [5.74, 6) is 0. The molecular formula is C17H18Br2N2O. The lowest BCUT2D eigenvalue weighted by atomic mass is 10.1. The molecular weight excluding hydrogens is 408 g/mol. The van der Waals surface area contributed by atoms with Crippen molar-refractivity contribution in [3.05, 3.63) is 68.6 Å². The first-order valence-corrected chi connectivity index (χ1v) is 8.36. The fraction of sp³-hybridized carbons (Fsp3) is 0.235. The smallest absolute Gasteiger partial charge is 0.235 e. The van der Waals surface area contributed by atoms with E-state index in [4.69, 9.17) is 5.73 Å². The highest BCUT2D eigenvalue weighted by Gasteiger charge is 2.01. The summed E-state index contributed by atoms with van der Waals surface area (Å²) < 4.78 is 2.12. The Morgan fingerprint density at radius 1 is 0.909 bits per heavy atom. The second-order valence-corrected chi connectivity index (χ2v) is 6.62. The largest absolute Gasteiger partial charge is 0.324 e. The van der Waals surface area contributed by atoms with Gasteiger partial charge in [0.25, 0.3) is 0 Å². The number of nitrogens with zero attached hydrogens (tertiary/aromatic N) is 1. The van der Waals surface area contributed by atoms with E-state index in [0.29, 0.717) is 0 Å². The highest BCUT2D eigenvalue weighted by Crippen LogP contribution is 2.18. The van der Waals surface area contributed by atoms with Crippen LogP contribution in [0.5, 0.6) is 0 Å². The molecule has 0 saturated heterocycles. The maximum atomic E-state index is 9.95. The van der Waals surface area contributed by atoms with Crippen LogP contribution in [0.2, 0.25) is 0 Å². The summed E-state index contributed by atoms with van der Waals surface area (Å²) in [7, 11) is 0. The lowest BCUT2D eigenvalue weighted by Crippen LogP contribution is -2.03. The molecule has 0 aliphatic carbocycles. The van der Waals surface area contributed by atoms with Crippen LogP contribution in [-0.2, 0) is 4.79 Å². The number of aliphatic imine (C=N–C) groups is 1. The lowest BCUT2D eigenvalue weighted by molar-refractivity contribution is 0.559. The fourth-order valence-corrected chi connectivity index (χ4v) is 2.19. The molecule has 0 fully saturated rings. The molecule has 2 atom stereocenters. The average Bonchev–Trinajstić information content (AvgIpc) is 2.49. The standard InChI is InChI=1S/C9H8BrNO.C8H10BrN/c1-7(11-6-12)8-2-4-9(10)5-3-8;1-6(10)7-2-4-8(9)5-3-7/h2-5,7H,1H3;2-6H,10H2,1H3/t7-;6-/m00/s1. The molecule has 0 spiro atoms. The van der Waals surface area contributed by atoms with Gasteiger partial charge in [-0.2, -0.15) is 4.99 Å². The van der Waals surface area contributed by atoms with Crippen LogP contribution in [0, 0.1) is 0 Å². The summed E-state index contributed by atoms with van der Waals surface area (Å²) >= 11 is 6.68. The van der Waals surface area contributed by atoms with Crippen molar-refractivity contribution in [2.75, 3.05) is 0 Å². The average molecular weight is 426 g/mol. The number of hydrogen-bond acceptors (Lipinski definition) is 3. The van der Waals surface area contributed by atoms with Gasteiger partial charge in [-0.15, -0.1) is 0 Å². The molecule has 2 aromatic rings. The van der Waals surface area contributed by atoms with Gasteiger partial charge in [0.15, 0.2) is 0 Å². The third-order valence-corrected chi connectivity index (χ3v) is 4.05. The normalized spacial score (nSPS) is 12.4. The van der Waals surface area contributed by atoms with Gasteiger partial charge in [0.05, 0.1) is 6.04 Å². The minimum atomic E-state index is -0.101. The van der Waals surface area contributed by atoms with Gasteiger partial charge in [0.2, 0.25) is 6.08 Å². The molecule has 3 nitrogen and oxygen atoms in total. The molecule has 0 amide bonds. The van der Waals surface area contributed by atoms with E-state index in [1.54, 1.807) is 6.08 Å². The quantitative estimate of drug-likeness (QED) is 0.534. The van der Waals surface area contributed by atoms with Crippen LogP contribution in [0.3, 0.4) is 0 Å². The van der Waals surface area contributed by atoms with E-state index in [9.17, 15) is 4.79 Å². The highest BCUT2D eigenvalue weighted by molar-refractivity contribution is 9.10. The van der Waals surface area contributed by atoms with Crippen molar-refractivity contribution in [1.29, 1.82) is 0 Å². The predicted octanol–water partition coefficient (Wildman–Crippen LogP) is 5.31. The number of rotatable bonds is 3. The Morgan fingerprint density at radius 2 is 1.32 bits per heavy atom. The number of isocyanates is 1. The third-order valence-electron chi connectivity index (χ3n) is 2.99. The zero-order valence-electron chi connectivity index (χ0n) is 12.5. The topological polar surface area (TPSA) is 55.4 Å². The molecule has 2 aromatic carbocycles. The summed E-state index contributed by atoms with van der Waals surface area (Å²) in [5, 5.41) is 0. The molecule has 0 aromatic heterocycles. The molecule has 0 aliphatic heterocycles. The first-order chi connectivity index (χ1) is 10.4. The second kappa shape index (κ2) is 9.70. The van der Waals surface area contributed by atoms with Crippen molar-refractivity contribution in [3.8, 4) is 0 Å². The van der Waals surface area contributed by atoms with Crippen molar-refractivity contribution in [1.82, 2.24) is 0 Å². The first-order valence-electron chi connectivity index (χ1n) is 6.77. The Kier molecular flexibility index (Phi) is 8.28. The molecule has 0 radical (unpaired) electrons. The van der Waals surface area contributed by atoms with Gasteiger partial charge >= 0.3 is 0 Å². The molecule has 2 rings (SSSR count). The van der Waals surface area contributed by atoms with E-state index >= 15 is 0 Å². The molecule has 0 saturated carbocycles. The van der Waals surface area contributed by atoms with Gasteiger partial charge in [-0.3, -0.25) is 0 Å². The van der Waals surface area contributed by atoms with Gasteiger partial charge in [0.1, 0.15) is 0 Å². The first kappa shape index (κ1) is 18.8. The van der Waals surface area contributed by atoms with Gasteiger partial charge in [-0.05, 0) is 49.2 Å². The van der Waals surface area contributed by atoms with E-state index in [2.05, 4.69) is 36.9 Å². The molecule has 116 valence electrons. The minimum Gasteiger partial charge on any atom is -0.324 e. The van der Waals surface area contributed by atoms with Crippen molar-refractivity contribution in [3.63, 3.8) is 0 Å². The maximum absolute atomic E-state index is 9.95. The molecule has 2 N–H and O–H groups in total. The summed E-state index contributed by atoms with van der Waals surface area (Å²) in [6.07, 6.45) is 1.54. The van der Waals surface area contributed by atoms with Crippen LogP contribution in [0.15, 0.2) is 62.5 Å².